The van der Waals surface area contributed by atoms with Crippen molar-refractivity contribution in [3.8, 4) is 0 Å². The Kier molecular flexibility index (Phi) is 4.40. The summed E-state index contributed by atoms with van der Waals surface area (Å²) in [4.78, 5) is 0. The first-order chi connectivity index (χ1) is 6.69. The van der Waals surface area contributed by atoms with Crippen LogP contribution in [0.5, 0.6) is 0 Å². The van der Waals surface area contributed by atoms with E-state index in [1.165, 1.54) is 17.5 Å². The fraction of sp³-hybridized carbons (Fsp3) is 0.308. The minimum Gasteiger partial charge on any atom is -0.102 e. The molecule has 0 heterocycles. The maximum atomic E-state index is 4.07. The van der Waals surface area contributed by atoms with Gasteiger partial charge in [0.1, 0.15) is 0 Å². The van der Waals surface area contributed by atoms with E-state index < -0.39 is 0 Å². The van der Waals surface area contributed by atoms with E-state index in [1.807, 2.05) is 6.08 Å². The zero-order chi connectivity index (χ0) is 10.6. The first-order valence-corrected chi connectivity index (χ1v) is 5.72. The van der Waals surface area contributed by atoms with E-state index in [1.54, 1.807) is 0 Å². The highest BCUT2D eigenvalue weighted by Gasteiger charge is 2.07. The molecular weight excluding hydrogens is 236 g/mol. The number of aryl methyl sites for hydroxylation is 1. The van der Waals surface area contributed by atoms with Crippen LogP contribution in [0.2, 0.25) is 0 Å². The number of benzene rings is 1. The summed E-state index contributed by atoms with van der Waals surface area (Å²) in [6.07, 6.45) is 4.17. The maximum absolute atomic E-state index is 4.07. The zero-order valence-corrected chi connectivity index (χ0v) is 10.2. The third-order valence-corrected chi connectivity index (χ3v) is 2.80. The Morgan fingerprint density at radius 1 is 1.50 bits per heavy atom. The van der Waals surface area contributed by atoms with Gasteiger partial charge in [-0.25, -0.2) is 0 Å². The van der Waals surface area contributed by atoms with Gasteiger partial charge in [-0.05, 0) is 36.6 Å². The normalized spacial score (nSPS) is 12.5. The Morgan fingerprint density at radius 3 is 2.79 bits per heavy atom. The van der Waals surface area contributed by atoms with E-state index in [4.69, 9.17) is 0 Å². The van der Waals surface area contributed by atoms with Gasteiger partial charge in [0, 0.05) is 10.4 Å². The van der Waals surface area contributed by atoms with Gasteiger partial charge in [-0.2, -0.15) is 0 Å². The summed E-state index contributed by atoms with van der Waals surface area (Å²) < 4.78 is 1.11. The number of allylic oxidation sites excluding steroid dienone is 1. The SMILES string of the molecule is [CH2]C(C=C)c1cc(Br)ccc1CCC. The van der Waals surface area contributed by atoms with E-state index in [-0.39, 0.29) is 5.92 Å². The van der Waals surface area contributed by atoms with Gasteiger partial charge in [0.25, 0.3) is 0 Å². The predicted octanol–water partition coefficient (Wildman–Crippen LogP) is 4.51. The molecule has 0 saturated heterocycles. The Balaban J connectivity index is 3.08. The van der Waals surface area contributed by atoms with Crippen molar-refractivity contribution in [2.75, 3.05) is 0 Å². The highest BCUT2D eigenvalue weighted by atomic mass is 79.9. The summed E-state index contributed by atoms with van der Waals surface area (Å²) in [6, 6.07) is 6.40. The molecule has 1 radical (unpaired) electrons. The van der Waals surface area contributed by atoms with E-state index >= 15 is 0 Å². The maximum Gasteiger partial charge on any atom is 0.0178 e. The van der Waals surface area contributed by atoms with Crippen LogP contribution in [0, 0.1) is 6.92 Å². The van der Waals surface area contributed by atoms with Gasteiger partial charge in [0.05, 0.1) is 0 Å². The first kappa shape index (κ1) is 11.5. The third kappa shape index (κ3) is 2.71. The highest BCUT2D eigenvalue weighted by molar-refractivity contribution is 9.10. The van der Waals surface area contributed by atoms with Crippen LogP contribution in [-0.2, 0) is 6.42 Å². The summed E-state index contributed by atoms with van der Waals surface area (Å²) in [5, 5.41) is 0. The molecule has 0 nitrogen and oxygen atoms in total. The Hall–Kier alpha value is -0.560. The highest BCUT2D eigenvalue weighted by Crippen LogP contribution is 2.25. The van der Waals surface area contributed by atoms with Crippen molar-refractivity contribution in [1.82, 2.24) is 0 Å². The molecule has 0 bridgehead atoms. The van der Waals surface area contributed by atoms with Crippen molar-refractivity contribution in [2.24, 2.45) is 0 Å². The standard InChI is InChI=1S/C13H16Br/c1-4-6-11-7-8-12(14)9-13(11)10(3)5-2/h5,7-10H,2-4,6H2,1H3. The molecule has 0 N–H and O–H groups in total. The van der Waals surface area contributed by atoms with Gasteiger partial charge in [-0.15, -0.1) is 6.58 Å². The quantitative estimate of drug-likeness (QED) is 0.692. The molecule has 1 heteroatoms. The molecule has 75 valence electrons. The van der Waals surface area contributed by atoms with Crippen LogP contribution < -0.4 is 0 Å². The topological polar surface area (TPSA) is 0 Å². The summed E-state index contributed by atoms with van der Waals surface area (Å²) in [5.41, 5.74) is 2.67. The van der Waals surface area contributed by atoms with Crippen molar-refractivity contribution in [1.29, 1.82) is 0 Å². The molecule has 0 amide bonds. The number of hydrogen-bond donors (Lipinski definition) is 0. The van der Waals surface area contributed by atoms with E-state index in [9.17, 15) is 0 Å². The zero-order valence-electron chi connectivity index (χ0n) is 8.59. The largest absolute Gasteiger partial charge is 0.102 e. The fourth-order valence-electron chi connectivity index (χ4n) is 1.53. The monoisotopic (exact) mass is 251 g/mol. The molecule has 0 fully saturated rings. The van der Waals surface area contributed by atoms with Crippen molar-refractivity contribution in [3.63, 3.8) is 0 Å². The van der Waals surface area contributed by atoms with Crippen LogP contribution in [0.15, 0.2) is 35.3 Å². The molecule has 0 aliphatic heterocycles. The van der Waals surface area contributed by atoms with Crippen LogP contribution in [0.25, 0.3) is 0 Å². The molecule has 0 aliphatic carbocycles. The van der Waals surface area contributed by atoms with Gasteiger partial charge in [-0.1, -0.05) is 41.4 Å². The van der Waals surface area contributed by atoms with Crippen LogP contribution in [0.4, 0.5) is 0 Å². The van der Waals surface area contributed by atoms with Crippen LogP contribution in [0.3, 0.4) is 0 Å². The smallest absolute Gasteiger partial charge is 0.0178 e. The molecule has 1 rings (SSSR count). The van der Waals surface area contributed by atoms with Crippen molar-refractivity contribution < 1.29 is 0 Å². The summed E-state index contributed by atoms with van der Waals surface area (Å²) in [5.74, 6) is 0.189. The van der Waals surface area contributed by atoms with Gasteiger partial charge in [0.15, 0.2) is 0 Å². The summed E-state index contributed by atoms with van der Waals surface area (Å²) in [7, 11) is 0. The predicted molar refractivity (Wildman–Crippen MR) is 66.4 cm³/mol. The number of rotatable bonds is 4. The molecule has 1 aromatic carbocycles. The lowest BCUT2D eigenvalue weighted by atomic mass is 9.93. The van der Waals surface area contributed by atoms with Crippen molar-refractivity contribution in [3.05, 3.63) is 53.4 Å². The Morgan fingerprint density at radius 2 is 2.21 bits per heavy atom. The Labute approximate surface area is 95.2 Å². The van der Waals surface area contributed by atoms with E-state index in [0.29, 0.717) is 0 Å². The number of hydrogen-bond acceptors (Lipinski definition) is 0. The van der Waals surface area contributed by atoms with Gasteiger partial charge in [-0.3, -0.25) is 0 Å². The average molecular weight is 252 g/mol. The van der Waals surface area contributed by atoms with Crippen molar-refractivity contribution >= 4 is 15.9 Å². The Bertz CT molecular complexity index is 315. The molecule has 0 aliphatic rings. The molecule has 0 spiro atoms. The lowest BCUT2D eigenvalue weighted by Gasteiger charge is -2.13. The molecule has 1 atom stereocenters. The lowest BCUT2D eigenvalue weighted by Crippen LogP contribution is -1.97. The van der Waals surface area contributed by atoms with E-state index in [0.717, 1.165) is 10.9 Å². The van der Waals surface area contributed by atoms with Gasteiger partial charge >= 0.3 is 0 Å². The first-order valence-electron chi connectivity index (χ1n) is 4.93. The van der Waals surface area contributed by atoms with Crippen molar-refractivity contribution in [2.45, 2.75) is 25.7 Å². The van der Waals surface area contributed by atoms with Gasteiger partial charge in [0.2, 0.25) is 0 Å². The second kappa shape index (κ2) is 5.35. The minimum atomic E-state index is 0.189. The number of halogens is 1. The third-order valence-electron chi connectivity index (χ3n) is 2.31. The fourth-order valence-corrected chi connectivity index (χ4v) is 1.91. The van der Waals surface area contributed by atoms with Crippen LogP contribution in [0.1, 0.15) is 30.4 Å². The molecule has 14 heavy (non-hydrogen) atoms. The van der Waals surface area contributed by atoms with E-state index in [2.05, 4.69) is 54.6 Å². The second-order valence-corrected chi connectivity index (χ2v) is 4.35. The average Bonchev–Trinajstić information content (AvgIpc) is 2.20. The molecule has 0 saturated carbocycles. The molecular formula is C13H16Br. The van der Waals surface area contributed by atoms with Gasteiger partial charge < -0.3 is 0 Å². The van der Waals surface area contributed by atoms with Crippen LogP contribution >= 0.6 is 15.9 Å². The minimum absolute atomic E-state index is 0.189. The lowest BCUT2D eigenvalue weighted by molar-refractivity contribution is 0.891. The molecule has 1 unspecified atom stereocenters. The van der Waals surface area contributed by atoms with Crippen LogP contribution in [-0.4, -0.2) is 0 Å². The molecule has 0 aromatic heterocycles. The summed E-state index contributed by atoms with van der Waals surface area (Å²) in [6.45, 7) is 10.1. The second-order valence-electron chi connectivity index (χ2n) is 3.44. The molecule has 1 aromatic rings. The summed E-state index contributed by atoms with van der Waals surface area (Å²) >= 11 is 3.48.